The minimum atomic E-state index is -2.97. The summed E-state index contributed by atoms with van der Waals surface area (Å²) in [6, 6.07) is 7.43. The van der Waals surface area contributed by atoms with Crippen LogP contribution >= 0.6 is 0 Å². The molecule has 0 atom stereocenters. The van der Waals surface area contributed by atoms with Gasteiger partial charge in [0.1, 0.15) is 0 Å². The highest BCUT2D eigenvalue weighted by Crippen LogP contribution is 2.49. The topological polar surface area (TPSA) is 47.3 Å². The number of halogens is 2. The van der Waals surface area contributed by atoms with E-state index >= 15 is 0 Å². The molecule has 2 heterocycles. The van der Waals surface area contributed by atoms with E-state index in [1.54, 1.807) is 18.2 Å². The van der Waals surface area contributed by atoms with Crippen LogP contribution in [0, 0.1) is 11.3 Å². The number of alkyl halides is 2. The Morgan fingerprint density at radius 2 is 1.96 bits per heavy atom. The second kappa shape index (κ2) is 6.06. The van der Waals surface area contributed by atoms with Crippen LogP contribution in [0.1, 0.15) is 44.7 Å². The Morgan fingerprint density at radius 3 is 2.48 bits per heavy atom. The maximum atomic E-state index is 13.7. The van der Waals surface area contributed by atoms with E-state index in [9.17, 15) is 18.8 Å². The van der Waals surface area contributed by atoms with Gasteiger partial charge < -0.3 is 9.80 Å². The summed E-state index contributed by atoms with van der Waals surface area (Å²) in [6.07, 6.45) is 1.19. The zero-order valence-electron chi connectivity index (χ0n) is 14.9. The van der Waals surface area contributed by atoms with Gasteiger partial charge in [-0.25, -0.2) is 8.78 Å². The number of amides is 1. The quantitative estimate of drug-likeness (QED) is 0.843. The van der Waals surface area contributed by atoms with Crippen LogP contribution in [0.25, 0.3) is 0 Å². The lowest BCUT2D eigenvalue weighted by molar-refractivity contribution is -0.126. The van der Waals surface area contributed by atoms with Crippen molar-refractivity contribution in [1.82, 2.24) is 4.90 Å². The number of nitrogens with zero attached hydrogens (tertiary/aromatic N) is 3. The molecule has 0 aromatic heterocycles. The fourth-order valence-electron chi connectivity index (χ4n) is 4.05. The highest BCUT2D eigenvalue weighted by molar-refractivity contribution is 6.08. The summed E-state index contributed by atoms with van der Waals surface area (Å²) >= 11 is 0. The molecule has 4 nitrogen and oxygen atoms in total. The lowest BCUT2D eigenvalue weighted by Gasteiger charge is -2.40. The Morgan fingerprint density at radius 1 is 1.32 bits per heavy atom. The molecule has 1 fully saturated rings. The van der Waals surface area contributed by atoms with Crippen molar-refractivity contribution in [3.63, 3.8) is 0 Å². The number of piperidine rings is 1. The fraction of sp³-hybridized carbons (Fsp3) is 0.579. The van der Waals surface area contributed by atoms with E-state index in [-0.39, 0.29) is 5.91 Å². The van der Waals surface area contributed by atoms with Crippen molar-refractivity contribution >= 4 is 11.6 Å². The van der Waals surface area contributed by atoms with Crippen molar-refractivity contribution in [1.29, 1.82) is 5.26 Å². The fourth-order valence-corrected chi connectivity index (χ4v) is 4.05. The SMILES string of the molecule is CC(C)N1CCC2(CC1)C(=O)N(CC(C)(F)F)c1ccc(C#N)cc12. The number of carbonyl (C=O) groups is 1. The van der Waals surface area contributed by atoms with Gasteiger partial charge in [-0.1, -0.05) is 0 Å². The Labute approximate surface area is 147 Å². The third-order valence-corrected chi connectivity index (χ3v) is 5.40. The summed E-state index contributed by atoms with van der Waals surface area (Å²) < 4.78 is 27.3. The molecule has 1 aromatic carbocycles. The van der Waals surface area contributed by atoms with Gasteiger partial charge in [0.05, 0.1) is 23.6 Å². The van der Waals surface area contributed by atoms with Crippen molar-refractivity contribution in [2.75, 3.05) is 24.5 Å². The predicted molar refractivity (Wildman–Crippen MR) is 91.8 cm³/mol. The molecule has 0 radical (unpaired) electrons. The third kappa shape index (κ3) is 3.02. The van der Waals surface area contributed by atoms with Crippen molar-refractivity contribution in [3.8, 4) is 6.07 Å². The van der Waals surface area contributed by atoms with Gasteiger partial charge in [-0.2, -0.15) is 5.26 Å². The number of hydrogen-bond acceptors (Lipinski definition) is 3. The van der Waals surface area contributed by atoms with Crippen LogP contribution in [0.5, 0.6) is 0 Å². The Hall–Kier alpha value is -2.00. The lowest BCUT2D eigenvalue weighted by Crippen LogP contribution is -2.51. The molecule has 134 valence electrons. The molecule has 6 heteroatoms. The molecule has 25 heavy (non-hydrogen) atoms. The molecule has 0 bridgehead atoms. The smallest absolute Gasteiger partial charge is 0.263 e. The Balaban J connectivity index is 2.03. The van der Waals surface area contributed by atoms with Gasteiger partial charge in [-0.15, -0.1) is 0 Å². The minimum absolute atomic E-state index is 0.248. The number of benzene rings is 1. The Kier molecular flexibility index (Phi) is 4.32. The molecular weight excluding hydrogens is 324 g/mol. The van der Waals surface area contributed by atoms with Crippen LogP contribution in [0.4, 0.5) is 14.5 Å². The summed E-state index contributed by atoms with van der Waals surface area (Å²) in [7, 11) is 0. The summed E-state index contributed by atoms with van der Waals surface area (Å²) in [5, 5.41) is 9.21. The Bertz CT molecular complexity index is 725. The second-order valence-corrected chi connectivity index (χ2v) is 7.52. The van der Waals surface area contributed by atoms with Gasteiger partial charge in [0.2, 0.25) is 5.91 Å². The molecule has 1 aromatic rings. The second-order valence-electron chi connectivity index (χ2n) is 7.52. The molecule has 0 N–H and O–H groups in total. The lowest BCUT2D eigenvalue weighted by atomic mass is 9.73. The van der Waals surface area contributed by atoms with Crippen molar-refractivity contribution in [3.05, 3.63) is 29.3 Å². The van der Waals surface area contributed by atoms with Crippen LogP contribution in [0.2, 0.25) is 0 Å². The number of rotatable bonds is 3. The number of nitriles is 1. The van der Waals surface area contributed by atoms with Gasteiger partial charge in [0.15, 0.2) is 0 Å². The highest BCUT2D eigenvalue weighted by Gasteiger charge is 2.53. The van der Waals surface area contributed by atoms with Gasteiger partial charge in [0, 0.05) is 18.7 Å². The predicted octanol–water partition coefficient (Wildman–Crippen LogP) is 3.30. The molecule has 1 amide bonds. The number of anilines is 1. The minimum Gasteiger partial charge on any atom is -0.305 e. The molecule has 0 aliphatic carbocycles. The summed E-state index contributed by atoms with van der Waals surface area (Å²) in [6.45, 7) is 5.92. The van der Waals surface area contributed by atoms with Gasteiger partial charge in [0.25, 0.3) is 5.92 Å². The summed E-state index contributed by atoms with van der Waals surface area (Å²) in [5.41, 5.74) is 0.953. The van der Waals surface area contributed by atoms with Crippen molar-refractivity contribution < 1.29 is 13.6 Å². The van der Waals surface area contributed by atoms with E-state index in [2.05, 4.69) is 24.8 Å². The van der Waals surface area contributed by atoms with Crippen molar-refractivity contribution in [2.24, 2.45) is 0 Å². The number of carbonyl (C=O) groups excluding carboxylic acids is 1. The van der Waals surface area contributed by atoms with E-state index in [0.717, 1.165) is 25.6 Å². The van der Waals surface area contributed by atoms with Crippen LogP contribution in [-0.2, 0) is 10.2 Å². The molecule has 3 rings (SSSR count). The standard InChI is InChI=1S/C19H23F2N3O/c1-13(2)23-8-6-19(7-9-23)15-10-14(11-22)4-5-16(15)24(17(19)25)12-18(3,20)21/h4-5,10,13H,6-9,12H2,1-3H3. The number of fused-ring (bicyclic) bond motifs is 2. The molecule has 1 saturated heterocycles. The van der Waals surface area contributed by atoms with E-state index < -0.39 is 17.9 Å². The summed E-state index contributed by atoms with van der Waals surface area (Å²) in [4.78, 5) is 16.7. The largest absolute Gasteiger partial charge is 0.305 e. The first-order valence-corrected chi connectivity index (χ1v) is 8.66. The molecule has 0 saturated carbocycles. The van der Waals surface area contributed by atoms with E-state index in [4.69, 9.17) is 0 Å². The van der Waals surface area contributed by atoms with Gasteiger partial charge in [-0.3, -0.25) is 4.79 Å². The monoisotopic (exact) mass is 347 g/mol. The summed E-state index contributed by atoms with van der Waals surface area (Å²) in [5.74, 6) is -3.21. The van der Waals surface area contributed by atoms with E-state index in [1.807, 2.05) is 0 Å². The molecule has 2 aliphatic heterocycles. The van der Waals surface area contributed by atoms with E-state index in [1.165, 1.54) is 4.90 Å². The highest BCUT2D eigenvalue weighted by atomic mass is 19.3. The number of hydrogen-bond donors (Lipinski definition) is 0. The van der Waals surface area contributed by atoms with Crippen LogP contribution in [0.3, 0.4) is 0 Å². The maximum absolute atomic E-state index is 13.7. The first kappa shape index (κ1) is 17.8. The van der Waals surface area contributed by atoms with Crippen LogP contribution < -0.4 is 4.90 Å². The zero-order valence-corrected chi connectivity index (χ0v) is 14.9. The van der Waals surface area contributed by atoms with Gasteiger partial charge >= 0.3 is 0 Å². The van der Waals surface area contributed by atoms with Crippen molar-refractivity contribution in [2.45, 2.75) is 51.0 Å². The van der Waals surface area contributed by atoms with E-state index in [0.29, 0.717) is 30.1 Å². The molecule has 2 aliphatic rings. The zero-order chi connectivity index (χ0) is 18.4. The molecule has 1 spiro atoms. The number of likely N-dealkylation sites (tertiary alicyclic amines) is 1. The van der Waals surface area contributed by atoms with Crippen LogP contribution in [-0.4, -0.2) is 42.4 Å². The van der Waals surface area contributed by atoms with Crippen LogP contribution in [0.15, 0.2) is 18.2 Å². The average molecular weight is 347 g/mol. The molecular formula is C19H23F2N3O. The third-order valence-electron chi connectivity index (χ3n) is 5.40. The van der Waals surface area contributed by atoms with Gasteiger partial charge in [-0.05, 0) is 63.5 Å². The maximum Gasteiger partial charge on any atom is 0.263 e. The normalized spacial score (nSPS) is 20.2. The first-order valence-electron chi connectivity index (χ1n) is 8.66. The first-order chi connectivity index (χ1) is 11.7. The average Bonchev–Trinajstić information content (AvgIpc) is 2.76. The molecule has 0 unspecified atom stereocenters.